The van der Waals surface area contributed by atoms with E-state index in [1.807, 2.05) is 39.0 Å². The number of ether oxygens (including phenoxy) is 1. The molecule has 4 aromatic rings. The van der Waals surface area contributed by atoms with Crippen LogP contribution in [0.1, 0.15) is 56.5 Å². The fourth-order valence-corrected chi connectivity index (χ4v) is 4.03. The molecular weight excluding hydrogens is 466 g/mol. The maximum Gasteiger partial charge on any atom is 0.316 e. The quantitative estimate of drug-likeness (QED) is 0.353. The number of para-hydroxylation sites is 1. The number of rotatable bonds is 8. The second kappa shape index (κ2) is 10.9. The number of benzene rings is 1. The standard InChI is InChI=1S/C28H33N7O2/c1-17(18(2)20-8-7-9-21-22(26(36)29-6)10-11-30-25(20)21)13-31-24-12-23(34-16-35-24)19-14-32-27(33-15-19)37-28(3,4)5/h7-12,14-18H,13H2,1-6H3,(H,29,36)(H,31,34,35)/t17-,18?/m1/s1. The van der Waals surface area contributed by atoms with Crippen LogP contribution in [0.4, 0.5) is 5.82 Å². The number of nitrogens with one attached hydrogen (secondary N) is 2. The highest BCUT2D eigenvalue weighted by Crippen LogP contribution is 2.31. The van der Waals surface area contributed by atoms with E-state index in [9.17, 15) is 4.79 Å². The Balaban J connectivity index is 1.47. The van der Waals surface area contributed by atoms with Crippen molar-refractivity contribution in [3.8, 4) is 17.3 Å². The number of fused-ring (bicyclic) bond motifs is 1. The summed E-state index contributed by atoms with van der Waals surface area (Å²) in [5.74, 6) is 1.05. The van der Waals surface area contributed by atoms with Crippen molar-refractivity contribution >= 4 is 22.6 Å². The van der Waals surface area contributed by atoms with Crippen molar-refractivity contribution in [1.29, 1.82) is 0 Å². The number of carbonyl (C=O) groups is 1. The molecule has 0 aliphatic rings. The summed E-state index contributed by atoms with van der Waals surface area (Å²) < 4.78 is 5.70. The summed E-state index contributed by atoms with van der Waals surface area (Å²) in [6.07, 6.45) is 6.62. The summed E-state index contributed by atoms with van der Waals surface area (Å²) in [6.45, 7) is 10.9. The van der Waals surface area contributed by atoms with E-state index in [1.54, 1.807) is 31.7 Å². The molecule has 3 aromatic heterocycles. The predicted octanol–water partition coefficient (Wildman–Crippen LogP) is 4.87. The average Bonchev–Trinajstić information content (AvgIpc) is 2.90. The number of aromatic nitrogens is 5. The van der Waals surface area contributed by atoms with Crippen LogP contribution in [-0.2, 0) is 0 Å². The Labute approximate surface area is 217 Å². The summed E-state index contributed by atoms with van der Waals surface area (Å²) in [7, 11) is 1.64. The van der Waals surface area contributed by atoms with E-state index in [-0.39, 0.29) is 23.3 Å². The van der Waals surface area contributed by atoms with Crippen molar-refractivity contribution in [2.75, 3.05) is 18.9 Å². The van der Waals surface area contributed by atoms with Gasteiger partial charge in [0, 0.05) is 49.2 Å². The van der Waals surface area contributed by atoms with E-state index in [0.29, 0.717) is 18.1 Å². The highest BCUT2D eigenvalue weighted by Gasteiger charge is 2.20. The van der Waals surface area contributed by atoms with Gasteiger partial charge in [-0.1, -0.05) is 32.0 Å². The SMILES string of the molecule is CNC(=O)c1ccnc2c(C(C)[C@H](C)CNc3cc(-c4cnc(OC(C)(C)C)nc4)ncn3)cccc12. The maximum absolute atomic E-state index is 12.3. The van der Waals surface area contributed by atoms with Crippen LogP contribution in [0.5, 0.6) is 6.01 Å². The number of carbonyl (C=O) groups excluding carboxylic acids is 1. The van der Waals surface area contributed by atoms with Crippen molar-refractivity contribution in [3.05, 3.63) is 66.4 Å². The van der Waals surface area contributed by atoms with Gasteiger partial charge in [-0.2, -0.15) is 0 Å². The Morgan fingerprint density at radius 1 is 1.03 bits per heavy atom. The lowest BCUT2D eigenvalue weighted by molar-refractivity contribution is 0.0964. The lowest BCUT2D eigenvalue weighted by atomic mass is 9.87. The summed E-state index contributed by atoms with van der Waals surface area (Å²) in [5, 5.41) is 7.00. The average molecular weight is 500 g/mol. The van der Waals surface area contributed by atoms with E-state index in [4.69, 9.17) is 4.74 Å². The Morgan fingerprint density at radius 2 is 1.78 bits per heavy atom. The van der Waals surface area contributed by atoms with Gasteiger partial charge in [0.05, 0.1) is 16.8 Å². The lowest BCUT2D eigenvalue weighted by Gasteiger charge is -2.22. The fraction of sp³-hybridized carbons (Fsp3) is 0.357. The highest BCUT2D eigenvalue weighted by atomic mass is 16.5. The minimum Gasteiger partial charge on any atom is -0.458 e. The van der Waals surface area contributed by atoms with E-state index in [2.05, 4.69) is 55.5 Å². The summed E-state index contributed by atoms with van der Waals surface area (Å²) in [4.78, 5) is 34.3. The number of pyridine rings is 1. The summed E-state index contributed by atoms with van der Waals surface area (Å²) >= 11 is 0. The van der Waals surface area contributed by atoms with Gasteiger partial charge in [0.2, 0.25) is 0 Å². The summed E-state index contributed by atoms with van der Waals surface area (Å²) in [5.41, 5.74) is 3.72. The molecule has 9 heteroatoms. The van der Waals surface area contributed by atoms with Gasteiger partial charge in [-0.3, -0.25) is 9.78 Å². The van der Waals surface area contributed by atoms with Gasteiger partial charge < -0.3 is 15.4 Å². The zero-order valence-electron chi connectivity index (χ0n) is 22.1. The van der Waals surface area contributed by atoms with Crippen LogP contribution < -0.4 is 15.4 Å². The molecular formula is C28H33N7O2. The fourth-order valence-electron chi connectivity index (χ4n) is 4.03. The number of hydrogen-bond acceptors (Lipinski definition) is 8. The van der Waals surface area contributed by atoms with Crippen molar-refractivity contribution in [1.82, 2.24) is 30.2 Å². The Morgan fingerprint density at radius 3 is 2.49 bits per heavy atom. The zero-order chi connectivity index (χ0) is 26.6. The van der Waals surface area contributed by atoms with Crippen molar-refractivity contribution in [3.63, 3.8) is 0 Å². The molecule has 0 spiro atoms. The van der Waals surface area contributed by atoms with Gasteiger partial charge in [0.15, 0.2) is 0 Å². The molecule has 0 saturated heterocycles. The van der Waals surface area contributed by atoms with Crippen LogP contribution in [-0.4, -0.2) is 50.0 Å². The highest BCUT2D eigenvalue weighted by molar-refractivity contribution is 6.06. The number of anilines is 1. The molecule has 0 bridgehead atoms. The topological polar surface area (TPSA) is 115 Å². The Bertz CT molecular complexity index is 1380. The largest absolute Gasteiger partial charge is 0.458 e. The first-order valence-corrected chi connectivity index (χ1v) is 12.3. The molecule has 0 aliphatic carbocycles. The summed E-state index contributed by atoms with van der Waals surface area (Å²) in [6, 6.07) is 9.98. The molecule has 192 valence electrons. The molecule has 4 rings (SSSR count). The van der Waals surface area contributed by atoms with Crippen molar-refractivity contribution in [2.45, 2.75) is 46.1 Å². The minimum atomic E-state index is -0.365. The molecule has 0 fully saturated rings. The van der Waals surface area contributed by atoms with Crippen LogP contribution in [0.25, 0.3) is 22.2 Å². The minimum absolute atomic E-state index is 0.117. The van der Waals surface area contributed by atoms with Crippen LogP contribution in [0.3, 0.4) is 0 Å². The third kappa shape index (κ3) is 6.17. The first-order chi connectivity index (χ1) is 17.7. The Hall–Kier alpha value is -4.14. The number of amides is 1. The lowest BCUT2D eigenvalue weighted by Crippen LogP contribution is -2.24. The van der Waals surface area contributed by atoms with E-state index in [1.165, 1.54) is 6.33 Å². The third-order valence-corrected chi connectivity index (χ3v) is 6.21. The molecule has 0 aliphatic heterocycles. The maximum atomic E-state index is 12.3. The van der Waals surface area contributed by atoms with Gasteiger partial charge in [-0.25, -0.2) is 19.9 Å². The van der Waals surface area contributed by atoms with Crippen molar-refractivity contribution in [2.24, 2.45) is 5.92 Å². The molecule has 37 heavy (non-hydrogen) atoms. The van der Waals surface area contributed by atoms with Gasteiger partial charge >= 0.3 is 6.01 Å². The molecule has 0 saturated carbocycles. The molecule has 1 aromatic carbocycles. The molecule has 9 nitrogen and oxygen atoms in total. The first kappa shape index (κ1) is 25.9. The van der Waals surface area contributed by atoms with Gasteiger partial charge in [0.1, 0.15) is 17.7 Å². The van der Waals surface area contributed by atoms with E-state index in [0.717, 1.165) is 33.5 Å². The normalized spacial score (nSPS) is 13.1. The molecule has 2 atom stereocenters. The van der Waals surface area contributed by atoms with Crippen LogP contribution in [0.2, 0.25) is 0 Å². The molecule has 1 amide bonds. The zero-order valence-corrected chi connectivity index (χ0v) is 22.1. The second-order valence-corrected chi connectivity index (χ2v) is 10.1. The van der Waals surface area contributed by atoms with Crippen LogP contribution >= 0.6 is 0 Å². The first-order valence-electron chi connectivity index (χ1n) is 12.3. The van der Waals surface area contributed by atoms with Gasteiger partial charge in [-0.15, -0.1) is 0 Å². The molecule has 0 radical (unpaired) electrons. The number of nitrogens with zero attached hydrogens (tertiary/aromatic N) is 5. The molecule has 2 N–H and O–H groups in total. The monoisotopic (exact) mass is 499 g/mol. The predicted molar refractivity (Wildman–Crippen MR) is 145 cm³/mol. The van der Waals surface area contributed by atoms with E-state index < -0.39 is 0 Å². The van der Waals surface area contributed by atoms with Crippen LogP contribution in [0, 0.1) is 5.92 Å². The third-order valence-electron chi connectivity index (χ3n) is 6.21. The van der Waals surface area contributed by atoms with Crippen molar-refractivity contribution < 1.29 is 9.53 Å². The second-order valence-electron chi connectivity index (χ2n) is 10.1. The molecule has 1 unspecified atom stereocenters. The van der Waals surface area contributed by atoms with E-state index >= 15 is 0 Å². The molecule has 3 heterocycles. The van der Waals surface area contributed by atoms with Gasteiger partial charge in [0.25, 0.3) is 5.91 Å². The Kier molecular flexibility index (Phi) is 7.61. The van der Waals surface area contributed by atoms with Gasteiger partial charge in [-0.05, 0) is 44.2 Å². The smallest absolute Gasteiger partial charge is 0.316 e. The van der Waals surface area contributed by atoms with Crippen LogP contribution in [0.15, 0.2) is 55.2 Å². The number of hydrogen-bond donors (Lipinski definition) is 2.